The minimum atomic E-state index is 0.265. The molecule has 37 heavy (non-hydrogen) atoms. The van der Waals surface area contributed by atoms with Gasteiger partial charge in [-0.05, 0) is 93.2 Å². The number of likely N-dealkylation sites (tertiary alicyclic amines) is 1. The maximum absolute atomic E-state index is 10.6. The molecule has 5 nitrogen and oxygen atoms in total. The van der Waals surface area contributed by atoms with E-state index in [1.165, 1.54) is 82.1 Å². The van der Waals surface area contributed by atoms with Gasteiger partial charge in [-0.1, -0.05) is 51.2 Å². The number of aromatic nitrogens is 1. The summed E-state index contributed by atoms with van der Waals surface area (Å²) in [4.78, 5) is 2.64. The van der Waals surface area contributed by atoms with E-state index < -0.39 is 0 Å². The van der Waals surface area contributed by atoms with Crippen LogP contribution in [0.1, 0.15) is 75.8 Å². The number of ether oxygens (including phenoxy) is 1. The number of unbranched alkanes of at least 4 members (excludes halogenated alkanes) is 5. The van der Waals surface area contributed by atoms with Crippen LogP contribution in [-0.4, -0.2) is 45.8 Å². The molecule has 0 spiro atoms. The summed E-state index contributed by atoms with van der Waals surface area (Å²) in [6.45, 7) is 7.37. The minimum absolute atomic E-state index is 0.265. The van der Waals surface area contributed by atoms with Crippen molar-refractivity contribution in [2.75, 3.05) is 26.2 Å². The third-order valence-electron chi connectivity index (χ3n) is 8.06. The molecule has 1 saturated heterocycles. The SMILES string of the molecule is CCc1c(-c2ccc(O)cc2)c2c(COCCCCCCCCN3CCCCC3)cc3c(O)ccc1n32. The van der Waals surface area contributed by atoms with E-state index in [1.54, 1.807) is 18.2 Å². The molecule has 0 unspecified atom stereocenters. The Morgan fingerprint density at radius 3 is 2.30 bits per heavy atom. The Morgan fingerprint density at radius 1 is 0.811 bits per heavy atom. The zero-order valence-corrected chi connectivity index (χ0v) is 22.3. The van der Waals surface area contributed by atoms with Crippen LogP contribution in [0.2, 0.25) is 0 Å². The van der Waals surface area contributed by atoms with E-state index in [0.717, 1.165) is 47.1 Å². The van der Waals surface area contributed by atoms with Crippen molar-refractivity contribution in [2.24, 2.45) is 0 Å². The molecule has 1 fully saturated rings. The number of nitrogens with zero attached hydrogens (tertiary/aromatic N) is 2. The van der Waals surface area contributed by atoms with Crippen LogP contribution in [0.5, 0.6) is 11.5 Å². The fourth-order valence-electron chi connectivity index (χ4n) is 6.12. The molecular formula is C32H42N2O3. The molecule has 0 atom stereocenters. The first kappa shape index (κ1) is 25.9. The summed E-state index contributed by atoms with van der Waals surface area (Å²) in [5.74, 6) is 0.556. The fraction of sp³-hybridized carbons (Fsp3) is 0.500. The van der Waals surface area contributed by atoms with Crippen LogP contribution in [0, 0.1) is 0 Å². The Labute approximate surface area is 221 Å². The quantitative estimate of drug-likeness (QED) is 0.186. The molecule has 0 radical (unpaired) electrons. The highest BCUT2D eigenvalue weighted by molar-refractivity contribution is 5.98. The first-order chi connectivity index (χ1) is 18.2. The van der Waals surface area contributed by atoms with Gasteiger partial charge in [-0.25, -0.2) is 0 Å². The Balaban J connectivity index is 1.17. The molecule has 1 aliphatic heterocycles. The number of hydrogen-bond acceptors (Lipinski definition) is 4. The van der Waals surface area contributed by atoms with Gasteiger partial charge < -0.3 is 24.3 Å². The fourth-order valence-corrected chi connectivity index (χ4v) is 6.12. The first-order valence-electron chi connectivity index (χ1n) is 14.4. The molecule has 2 N–H and O–H groups in total. The van der Waals surface area contributed by atoms with Crippen molar-refractivity contribution >= 4 is 16.6 Å². The third-order valence-corrected chi connectivity index (χ3v) is 8.06. The maximum Gasteiger partial charge on any atom is 0.139 e. The van der Waals surface area contributed by atoms with Crippen LogP contribution in [0.15, 0.2) is 42.5 Å². The molecular weight excluding hydrogens is 460 g/mol. The van der Waals surface area contributed by atoms with Gasteiger partial charge in [0.05, 0.1) is 23.2 Å². The Kier molecular flexibility index (Phi) is 8.52. The molecule has 1 aromatic carbocycles. The van der Waals surface area contributed by atoms with Gasteiger partial charge in [0, 0.05) is 17.7 Å². The Bertz CT molecular complexity index is 1270. The minimum Gasteiger partial charge on any atom is -0.508 e. The molecule has 0 bridgehead atoms. The van der Waals surface area contributed by atoms with Crippen molar-refractivity contribution in [3.8, 4) is 22.6 Å². The van der Waals surface area contributed by atoms with Crippen LogP contribution in [0.3, 0.4) is 0 Å². The van der Waals surface area contributed by atoms with E-state index in [4.69, 9.17) is 4.74 Å². The standard InChI is InChI=1S/C32H42N2O3/c1-2-27-28-16-17-30(36)29-22-25(32(34(28)29)31(27)24-12-14-26(35)15-13-24)23-37-21-11-6-4-3-5-8-18-33-19-9-7-10-20-33/h12-17,22,35-36H,2-11,18-21,23H2,1H3. The highest BCUT2D eigenvalue weighted by Gasteiger charge is 2.23. The highest BCUT2D eigenvalue weighted by atomic mass is 16.5. The number of hydrogen-bond donors (Lipinski definition) is 2. The third kappa shape index (κ3) is 5.73. The van der Waals surface area contributed by atoms with E-state index in [9.17, 15) is 10.2 Å². The molecule has 5 rings (SSSR count). The zero-order chi connectivity index (χ0) is 25.6. The van der Waals surface area contributed by atoms with Gasteiger partial charge in [0.15, 0.2) is 0 Å². The number of phenols is 1. The summed E-state index contributed by atoms with van der Waals surface area (Å²) in [6, 6.07) is 13.3. The van der Waals surface area contributed by atoms with E-state index in [1.807, 2.05) is 18.2 Å². The number of piperidine rings is 1. The van der Waals surface area contributed by atoms with Gasteiger partial charge >= 0.3 is 0 Å². The van der Waals surface area contributed by atoms with Crippen LogP contribution < -0.4 is 0 Å². The van der Waals surface area contributed by atoms with Crippen LogP contribution in [-0.2, 0) is 17.8 Å². The summed E-state index contributed by atoms with van der Waals surface area (Å²) in [7, 11) is 0. The molecule has 5 heteroatoms. The lowest BCUT2D eigenvalue weighted by Crippen LogP contribution is -2.30. The van der Waals surface area contributed by atoms with Gasteiger partial charge in [0.1, 0.15) is 11.5 Å². The number of phenolic OH excluding ortho intramolecular Hbond substituents is 1. The summed E-state index contributed by atoms with van der Waals surface area (Å²) < 4.78 is 8.35. The molecule has 0 saturated carbocycles. The van der Waals surface area contributed by atoms with Gasteiger partial charge in [-0.3, -0.25) is 0 Å². The van der Waals surface area contributed by atoms with Crippen molar-refractivity contribution in [1.29, 1.82) is 0 Å². The largest absolute Gasteiger partial charge is 0.508 e. The van der Waals surface area contributed by atoms with Crippen LogP contribution in [0.4, 0.5) is 0 Å². The lowest BCUT2D eigenvalue weighted by Gasteiger charge is -2.26. The lowest BCUT2D eigenvalue weighted by atomic mass is 9.98. The predicted molar refractivity (Wildman–Crippen MR) is 152 cm³/mol. The summed E-state index contributed by atoms with van der Waals surface area (Å²) in [5, 5.41) is 20.4. The van der Waals surface area contributed by atoms with Crippen molar-refractivity contribution in [2.45, 2.75) is 77.7 Å². The summed E-state index contributed by atoms with van der Waals surface area (Å²) in [6.07, 6.45) is 12.7. The average Bonchev–Trinajstić information content (AvgIpc) is 3.46. The summed E-state index contributed by atoms with van der Waals surface area (Å²) in [5.41, 5.74) is 7.67. The van der Waals surface area contributed by atoms with E-state index >= 15 is 0 Å². The maximum atomic E-state index is 10.6. The van der Waals surface area contributed by atoms with Crippen LogP contribution >= 0.6 is 0 Å². The van der Waals surface area contributed by atoms with Crippen molar-refractivity contribution in [3.05, 3.63) is 53.6 Å². The second-order valence-corrected chi connectivity index (χ2v) is 10.7. The smallest absolute Gasteiger partial charge is 0.139 e. The van der Waals surface area contributed by atoms with Crippen LogP contribution in [0.25, 0.3) is 27.7 Å². The molecule has 0 aliphatic carbocycles. The molecule has 0 amide bonds. The zero-order valence-electron chi connectivity index (χ0n) is 22.3. The number of rotatable bonds is 13. The first-order valence-corrected chi connectivity index (χ1v) is 14.4. The van der Waals surface area contributed by atoms with Crippen molar-refractivity contribution in [1.82, 2.24) is 9.30 Å². The Morgan fingerprint density at radius 2 is 1.54 bits per heavy atom. The number of aromatic hydroxyl groups is 2. The second kappa shape index (κ2) is 12.2. The topological polar surface area (TPSA) is 57.3 Å². The van der Waals surface area contributed by atoms with Gasteiger partial charge in [-0.2, -0.15) is 0 Å². The number of pyridine rings is 1. The van der Waals surface area contributed by atoms with Crippen molar-refractivity contribution in [3.63, 3.8) is 0 Å². The monoisotopic (exact) mass is 502 g/mol. The Hall–Kier alpha value is -2.76. The predicted octanol–water partition coefficient (Wildman–Crippen LogP) is 7.51. The van der Waals surface area contributed by atoms with Gasteiger partial charge in [0.2, 0.25) is 0 Å². The molecule has 3 aromatic heterocycles. The van der Waals surface area contributed by atoms with E-state index in [-0.39, 0.29) is 5.75 Å². The van der Waals surface area contributed by atoms with E-state index in [0.29, 0.717) is 12.4 Å². The average molecular weight is 503 g/mol. The lowest BCUT2D eigenvalue weighted by molar-refractivity contribution is 0.117. The van der Waals surface area contributed by atoms with Crippen molar-refractivity contribution < 1.29 is 14.9 Å². The highest BCUT2D eigenvalue weighted by Crippen LogP contribution is 2.42. The normalized spacial score (nSPS) is 14.8. The van der Waals surface area contributed by atoms with Gasteiger partial charge in [0.25, 0.3) is 0 Å². The van der Waals surface area contributed by atoms with Gasteiger partial charge in [-0.15, -0.1) is 0 Å². The molecule has 198 valence electrons. The number of aryl methyl sites for hydroxylation is 1. The second-order valence-electron chi connectivity index (χ2n) is 10.7. The molecule has 1 aliphatic rings. The molecule has 4 aromatic rings. The van der Waals surface area contributed by atoms with E-state index in [2.05, 4.69) is 22.3 Å². The summed E-state index contributed by atoms with van der Waals surface area (Å²) >= 11 is 0. The number of benzene rings is 1. The molecule has 4 heterocycles.